The first-order valence-corrected chi connectivity index (χ1v) is 10.5. The van der Waals surface area contributed by atoms with E-state index in [1.165, 1.54) is 22.9 Å². The van der Waals surface area contributed by atoms with Crippen molar-refractivity contribution in [1.82, 2.24) is 0 Å². The molecule has 3 rings (SSSR count). The summed E-state index contributed by atoms with van der Waals surface area (Å²) >= 11 is 1.81. The van der Waals surface area contributed by atoms with Crippen LogP contribution >= 0.6 is 11.8 Å². The van der Waals surface area contributed by atoms with Crippen LogP contribution in [0.15, 0.2) is 47.4 Å². The second-order valence-electron chi connectivity index (χ2n) is 7.20. The summed E-state index contributed by atoms with van der Waals surface area (Å²) in [7, 11) is 0. The topological polar surface area (TPSA) is 90.2 Å². The largest absolute Gasteiger partial charge is 0.394 e. The Labute approximate surface area is 170 Å². The molecular formula is C22H28O5S. The van der Waals surface area contributed by atoms with Gasteiger partial charge >= 0.3 is 0 Å². The molecule has 28 heavy (non-hydrogen) atoms. The Morgan fingerprint density at radius 1 is 1.11 bits per heavy atom. The molecule has 152 valence electrons. The predicted molar refractivity (Wildman–Crippen MR) is 109 cm³/mol. The lowest BCUT2D eigenvalue weighted by Crippen LogP contribution is -2.35. The minimum absolute atomic E-state index is 0.331. The summed E-state index contributed by atoms with van der Waals surface area (Å²) in [6, 6.07) is 14.4. The summed E-state index contributed by atoms with van der Waals surface area (Å²) in [5.74, 6) is 0. The molecule has 0 saturated heterocycles. The van der Waals surface area contributed by atoms with Crippen molar-refractivity contribution in [1.29, 1.82) is 0 Å². The molecule has 2 aromatic rings. The minimum Gasteiger partial charge on any atom is -0.394 e. The second kappa shape index (κ2) is 9.39. The van der Waals surface area contributed by atoms with Gasteiger partial charge in [0.15, 0.2) is 6.29 Å². The molecule has 6 heteroatoms. The Morgan fingerprint density at radius 3 is 2.39 bits per heavy atom. The van der Waals surface area contributed by atoms with E-state index in [-0.39, 0.29) is 0 Å². The van der Waals surface area contributed by atoms with E-state index in [0.29, 0.717) is 10.8 Å². The number of hydrogen-bond acceptors (Lipinski definition) is 6. The van der Waals surface area contributed by atoms with Crippen LogP contribution in [0.25, 0.3) is 0 Å². The normalized spacial score (nSPS) is 19.5. The Kier molecular flexibility index (Phi) is 7.15. The zero-order chi connectivity index (χ0) is 20.3. The van der Waals surface area contributed by atoms with Crippen LogP contribution in [0.3, 0.4) is 0 Å². The molecule has 0 radical (unpaired) electrons. The van der Waals surface area contributed by atoms with E-state index in [4.69, 9.17) is 4.74 Å². The van der Waals surface area contributed by atoms with E-state index >= 15 is 0 Å². The number of aryl methyl sites for hydroxylation is 1. The van der Waals surface area contributed by atoms with Crippen molar-refractivity contribution in [3.63, 3.8) is 0 Å². The third-order valence-corrected chi connectivity index (χ3v) is 6.53. The van der Waals surface area contributed by atoms with Gasteiger partial charge in [-0.1, -0.05) is 43.3 Å². The fraction of sp³-hybridized carbons (Fsp3) is 0.455. The number of rotatable bonds is 8. The van der Waals surface area contributed by atoms with Crippen molar-refractivity contribution in [2.75, 3.05) is 6.61 Å². The first-order chi connectivity index (χ1) is 13.4. The van der Waals surface area contributed by atoms with Gasteiger partial charge in [-0.05, 0) is 48.1 Å². The monoisotopic (exact) mass is 404 g/mol. The second-order valence-corrected chi connectivity index (χ2v) is 8.45. The van der Waals surface area contributed by atoms with Gasteiger partial charge < -0.3 is 25.2 Å². The highest BCUT2D eigenvalue weighted by Crippen LogP contribution is 2.47. The average molecular weight is 405 g/mol. The SMILES string of the molecule is CCc1ccc(C2Cc3cc(C(OC(CO)C(C)O)C(O)O)ccc3S2)cc1. The molecule has 0 saturated carbocycles. The fourth-order valence-electron chi connectivity index (χ4n) is 3.42. The highest BCUT2D eigenvalue weighted by atomic mass is 32.2. The molecule has 4 N–H and O–H groups in total. The van der Waals surface area contributed by atoms with Gasteiger partial charge in [-0.25, -0.2) is 0 Å². The number of thioether (sulfide) groups is 1. The maximum atomic E-state index is 9.78. The maximum Gasteiger partial charge on any atom is 0.182 e. The molecular weight excluding hydrogens is 376 g/mol. The van der Waals surface area contributed by atoms with Gasteiger partial charge in [0.2, 0.25) is 0 Å². The third-order valence-electron chi connectivity index (χ3n) is 5.16. The van der Waals surface area contributed by atoms with Crippen molar-refractivity contribution in [2.45, 2.75) is 61.4 Å². The van der Waals surface area contributed by atoms with E-state index in [9.17, 15) is 20.4 Å². The van der Waals surface area contributed by atoms with Crippen LogP contribution in [-0.2, 0) is 17.6 Å². The van der Waals surface area contributed by atoms with Crippen molar-refractivity contribution < 1.29 is 25.2 Å². The molecule has 0 spiro atoms. The van der Waals surface area contributed by atoms with Crippen LogP contribution < -0.4 is 0 Å². The maximum absolute atomic E-state index is 9.78. The number of aliphatic hydroxyl groups is 4. The van der Waals surface area contributed by atoms with E-state index in [2.05, 4.69) is 31.2 Å². The van der Waals surface area contributed by atoms with Crippen LogP contribution in [0, 0.1) is 0 Å². The molecule has 0 aromatic heterocycles. The predicted octanol–water partition coefficient (Wildman–Crippen LogP) is 2.75. The Balaban J connectivity index is 1.78. The number of hydrogen-bond donors (Lipinski definition) is 4. The lowest BCUT2D eigenvalue weighted by molar-refractivity contribution is -0.188. The minimum atomic E-state index is -1.75. The first kappa shape index (κ1) is 21.3. The highest BCUT2D eigenvalue weighted by Gasteiger charge is 2.29. The van der Waals surface area contributed by atoms with Crippen molar-refractivity contribution in [2.24, 2.45) is 0 Å². The van der Waals surface area contributed by atoms with Crippen LogP contribution in [0.1, 0.15) is 47.5 Å². The lowest BCUT2D eigenvalue weighted by Gasteiger charge is -2.27. The van der Waals surface area contributed by atoms with Gasteiger partial charge in [0.1, 0.15) is 12.2 Å². The van der Waals surface area contributed by atoms with Crippen LogP contribution in [0.5, 0.6) is 0 Å². The number of aliphatic hydroxyl groups excluding tert-OH is 3. The van der Waals surface area contributed by atoms with E-state index in [0.717, 1.165) is 18.4 Å². The summed E-state index contributed by atoms with van der Waals surface area (Å²) in [5, 5.41) is 39.0. The third kappa shape index (κ3) is 4.76. The average Bonchev–Trinajstić information content (AvgIpc) is 3.11. The van der Waals surface area contributed by atoms with Gasteiger partial charge in [-0.15, -0.1) is 11.8 Å². The molecule has 0 fully saturated rings. The number of benzene rings is 2. The van der Waals surface area contributed by atoms with Crippen LogP contribution in [0.4, 0.5) is 0 Å². The molecule has 0 aliphatic carbocycles. The quantitative estimate of drug-likeness (QED) is 0.506. The summed E-state index contributed by atoms with van der Waals surface area (Å²) in [5.41, 5.74) is 4.36. The standard InChI is InChI=1S/C22H28O5S/c1-3-14-4-6-15(7-5-14)20-11-17-10-16(8-9-19(17)28-20)21(22(25)26)27-18(12-23)13(2)24/h4-10,13,18,20-26H,3,11-12H2,1-2H3. The highest BCUT2D eigenvalue weighted by molar-refractivity contribution is 7.99. The van der Waals surface area contributed by atoms with E-state index < -0.39 is 31.2 Å². The molecule has 2 aromatic carbocycles. The number of ether oxygens (including phenoxy) is 1. The molecule has 0 bridgehead atoms. The lowest BCUT2D eigenvalue weighted by atomic mass is 9.99. The Morgan fingerprint density at radius 2 is 1.82 bits per heavy atom. The zero-order valence-corrected chi connectivity index (χ0v) is 17.0. The summed E-state index contributed by atoms with van der Waals surface area (Å²) in [4.78, 5) is 1.17. The van der Waals surface area contributed by atoms with Crippen LogP contribution in [-0.4, -0.2) is 45.5 Å². The van der Waals surface area contributed by atoms with Gasteiger partial charge in [0, 0.05) is 10.1 Å². The molecule has 4 atom stereocenters. The molecule has 1 aliphatic heterocycles. The smallest absolute Gasteiger partial charge is 0.182 e. The van der Waals surface area contributed by atoms with Crippen molar-refractivity contribution >= 4 is 11.8 Å². The summed E-state index contributed by atoms with van der Waals surface area (Å²) in [6.07, 6.45) is -2.73. The van der Waals surface area contributed by atoms with Crippen molar-refractivity contribution in [3.8, 4) is 0 Å². The molecule has 5 nitrogen and oxygen atoms in total. The van der Waals surface area contributed by atoms with Crippen molar-refractivity contribution in [3.05, 3.63) is 64.7 Å². The zero-order valence-electron chi connectivity index (χ0n) is 16.2. The molecule has 1 heterocycles. The Bertz CT molecular complexity index is 775. The van der Waals surface area contributed by atoms with E-state index in [1.807, 2.05) is 30.0 Å². The van der Waals surface area contributed by atoms with Gasteiger partial charge in [0.25, 0.3) is 0 Å². The molecule has 4 unspecified atom stereocenters. The van der Waals surface area contributed by atoms with Gasteiger partial charge in [-0.2, -0.15) is 0 Å². The van der Waals surface area contributed by atoms with E-state index in [1.54, 1.807) is 0 Å². The first-order valence-electron chi connectivity index (χ1n) is 9.61. The summed E-state index contributed by atoms with van der Waals surface area (Å²) in [6.45, 7) is 3.23. The van der Waals surface area contributed by atoms with Crippen LogP contribution in [0.2, 0.25) is 0 Å². The summed E-state index contributed by atoms with van der Waals surface area (Å²) < 4.78 is 5.60. The molecule has 1 aliphatic rings. The van der Waals surface area contributed by atoms with Gasteiger partial charge in [0.05, 0.1) is 12.7 Å². The Hall–Kier alpha value is -1.41. The van der Waals surface area contributed by atoms with Gasteiger partial charge in [-0.3, -0.25) is 0 Å². The fourth-order valence-corrected chi connectivity index (χ4v) is 4.72. The number of fused-ring (bicyclic) bond motifs is 1. The molecule has 0 amide bonds.